The SMILES string of the molecule is C(#Cc1cn[nH]c1)c1ccc(CN2CCOC3(CCOC3)C2)cc1. The van der Waals surface area contributed by atoms with Crippen LogP contribution in [0.25, 0.3) is 0 Å². The Hall–Kier alpha value is -2.13. The maximum atomic E-state index is 5.99. The normalized spacial score (nSPS) is 24.0. The first-order valence-electron chi connectivity index (χ1n) is 8.35. The van der Waals surface area contributed by atoms with Gasteiger partial charge >= 0.3 is 0 Å². The summed E-state index contributed by atoms with van der Waals surface area (Å²) in [5.74, 6) is 6.25. The molecule has 24 heavy (non-hydrogen) atoms. The Labute approximate surface area is 142 Å². The summed E-state index contributed by atoms with van der Waals surface area (Å²) in [5, 5.41) is 6.66. The molecule has 0 bridgehead atoms. The fraction of sp³-hybridized carbons (Fsp3) is 0.421. The van der Waals surface area contributed by atoms with E-state index in [1.165, 1.54) is 5.56 Å². The molecule has 2 saturated heterocycles. The van der Waals surface area contributed by atoms with E-state index in [1.807, 2.05) is 0 Å². The first-order chi connectivity index (χ1) is 11.8. The van der Waals surface area contributed by atoms with Gasteiger partial charge in [0.05, 0.1) is 25.0 Å². The van der Waals surface area contributed by atoms with Gasteiger partial charge in [-0.1, -0.05) is 24.0 Å². The molecule has 5 heteroatoms. The van der Waals surface area contributed by atoms with E-state index in [9.17, 15) is 0 Å². The van der Waals surface area contributed by atoms with Crippen molar-refractivity contribution in [2.24, 2.45) is 0 Å². The summed E-state index contributed by atoms with van der Waals surface area (Å²) in [6, 6.07) is 8.48. The lowest BCUT2D eigenvalue weighted by atomic mass is 10.0. The van der Waals surface area contributed by atoms with Gasteiger partial charge in [0.1, 0.15) is 5.60 Å². The molecule has 2 aliphatic heterocycles. The average molecular weight is 323 g/mol. The van der Waals surface area contributed by atoms with Crippen LogP contribution in [0.15, 0.2) is 36.7 Å². The maximum absolute atomic E-state index is 5.99. The molecule has 124 valence electrons. The molecule has 0 aliphatic carbocycles. The van der Waals surface area contributed by atoms with E-state index < -0.39 is 0 Å². The largest absolute Gasteiger partial charge is 0.378 e. The van der Waals surface area contributed by atoms with Crippen molar-refractivity contribution in [3.05, 3.63) is 53.3 Å². The molecule has 1 spiro atoms. The number of ether oxygens (including phenoxy) is 2. The quantitative estimate of drug-likeness (QED) is 0.856. The van der Waals surface area contributed by atoms with E-state index in [2.05, 4.69) is 51.2 Å². The number of rotatable bonds is 2. The fourth-order valence-corrected chi connectivity index (χ4v) is 3.30. The summed E-state index contributed by atoms with van der Waals surface area (Å²) < 4.78 is 11.5. The van der Waals surface area contributed by atoms with Crippen molar-refractivity contribution >= 4 is 0 Å². The number of hydrogen-bond donors (Lipinski definition) is 1. The number of hydrogen-bond acceptors (Lipinski definition) is 4. The van der Waals surface area contributed by atoms with Crippen molar-refractivity contribution in [2.75, 3.05) is 32.9 Å². The molecule has 1 N–H and O–H groups in total. The van der Waals surface area contributed by atoms with Crippen LogP contribution in [0.1, 0.15) is 23.1 Å². The Morgan fingerprint density at radius 2 is 2.04 bits per heavy atom. The third-order valence-corrected chi connectivity index (χ3v) is 4.60. The molecule has 2 aliphatic rings. The van der Waals surface area contributed by atoms with Crippen LogP contribution in [-0.4, -0.2) is 53.6 Å². The number of nitrogens with zero attached hydrogens (tertiary/aromatic N) is 2. The van der Waals surface area contributed by atoms with E-state index in [4.69, 9.17) is 9.47 Å². The second-order valence-electron chi connectivity index (χ2n) is 6.48. The summed E-state index contributed by atoms with van der Waals surface area (Å²) in [4.78, 5) is 2.46. The van der Waals surface area contributed by atoms with Crippen molar-refractivity contribution in [3.63, 3.8) is 0 Å². The highest BCUT2D eigenvalue weighted by atomic mass is 16.6. The third-order valence-electron chi connectivity index (χ3n) is 4.60. The van der Waals surface area contributed by atoms with Gasteiger partial charge in [0.25, 0.3) is 0 Å². The maximum Gasteiger partial charge on any atom is 0.106 e. The van der Waals surface area contributed by atoms with E-state index in [-0.39, 0.29) is 5.60 Å². The van der Waals surface area contributed by atoms with E-state index >= 15 is 0 Å². The Morgan fingerprint density at radius 1 is 1.17 bits per heavy atom. The lowest BCUT2D eigenvalue weighted by Gasteiger charge is -2.39. The Kier molecular flexibility index (Phi) is 4.35. The zero-order chi connectivity index (χ0) is 16.2. The van der Waals surface area contributed by atoms with Gasteiger partial charge in [-0.25, -0.2) is 0 Å². The van der Waals surface area contributed by atoms with Crippen molar-refractivity contribution in [1.82, 2.24) is 15.1 Å². The van der Waals surface area contributed by atoms with E-state index in [0.29, 0.717) is 0 Å². The molecule has 0 radical (unpaired) electrons. The predicted octanol–water partition coefficient (Wildman–Crippen LogP) is 1.80. The molecule has 2 aromatic rings. The first kappa shape index (κ1) is 15.4. The first-order valence-corrected chi connectivity index (χ1v) is 8.35. The van der Waals surface area contributed by atoms with Gasteiger partial charge in [0.2, 0.25) is 0 Å². The summed E-state index contributed by atoms with van der Waals surface area (Å²) in [6.07, 6.45) is 4.52. The zero-order valence-electron chi connectivity index (χ0n) is 13.6. The zero-order valence-corrected chi connectivity index (χ0v) is 13.6. The van der Waals surface area contributed by atoms with Crippen LogP contribution in [-0.2, 0) is 16.0 Å². The van der Waals surface area contributed by atoms with Crippen LogP contribution < -0.4 is 0 Å². The molecule has 1 aromatic heterocycles. The molecule has 0 saturated carbocycles. The summed E-state index contributed by atoms with van der Waals surface area (Å²) in [7, 11) is 0. The molecular formula is C19H21N3O2. The van der Waals surface area contributed by atoms with Crippen LogP contribution in [0.4, 0.5) is 0 Å². The number of aromatic amines is 1. The summed E-state index contributed by atoms with van der Waals surface area (Å²) in [6.45, 7) is 5.21. The van der Waals surface area contributed by atoms with Crippen LogP contribution in [0.5, 0.6) is 0 Å². The van der Waals surface area contributed by atoms with Crippen LogP contribution in [0, 0.1) is 11.8 Å². The van der Waals surface area contributed by atoms with Crippen molar-refractivity contribution in [2.45, 2.75) is 18.6 Å². The Morgan fingerprint density at radius 3 is 2.79 bits per heavy atom. The third kappa shape index (κ3) is 3.51. The molecule has 1 atom stereocenters. The number of aromatic nitrogens is 2. The van der Waals surface area contributed by atoms with Gasteiger partial charge in [-0.3, -0.25) is 10.00 Å². The number of benzene rings is 1. The van der Waals surface area contributed by atoms with Gasteiger partial charge < -0.3 is 9.47 Å². The number of nitrogens with one attached hydrogen (secondary N) is 1. The van der Waals surface area contributed by atoms with Crippen molar-refractivity contribution in [3.8, 4) is 11.8 Å². The average Bonchev–Trinajstić information content (AvgIpc) is 3.27. The minimum atomic E-state index is -0.0751. The molecule has 3 heterocycles. The monoisotopic (exact) mass is 323 g/mol. The second kappa shape index (κ2) is 6.78. The van der Waals surface area contributed by atoms with Gasteiger partial charge in [0.15, 0.2) is 0 Å². The summed E-state index contributed by atoms with van der Waals surface area (Å²) >= 11 is 0. The van der Waals surface area contributed by atoms with Crippen molar-refractivity contribution in [1.29, 1.82) is 0 Å². The second-order valence-corrected chi connectivity index (χ2v) is 6.48. The molecule has 0 amide bonds. The molecule has 1 aromatic carbocycles. The Balaban J connectivity index is 1.38. The minimum Gasteiger partial charge on any atom is -0.378 e. The van der Waals surface area contributed by atoms with Crippen LogP contribution in [0.2, 0.25) is 0 Å². The highest BCUT2D eigenvalue weighted by Gasteiger charge is 2.40. The topological polar surface area (TPSA) is 50.4 Å². The van der Waals surface area contributed by atoms with Crippen LogP contribution in [0.3, 0.4) is 0 Å². The lowest BCUT2D eigenvalue weighted by molar-refractivity contribution is -0.111. The lowest BCUT2D eigenvalue weighted by Crippen LogP contribution is -2.51. The van der Waals surface area contributed by atoms with Gasteiger partial charge in [0, 0.05) is 44.4 Å². The Bertz CT molecular complexity index is 722. The summed E-state index contributed by atoms with van der Waals surface area (Å²) in [5.41, 5.74) is 3.15. The number of H-pyrrole nitrogens is 1. The van der Waals surface area contributed by atoms with E-state index in [0.717, 1.165) is 57.0 Å². The van der Waals surface area contributed by atoms with Crippen molar-refractivity contribution < 1.29 is 9.47 Å². The highest BCUT2D eigenvalue weighted by molar-refractivity contribution is 5.41. The predicted molar refractivity (Wildman–Crippen MR) is 90.4 cm³/mol. The molecule has 2 fully saturated rings. The van der Waals surface area contributed by atoms with E-state index in [1.54, 1.807) is 12.4 Å². The standard InChI is InChI=1S/C19H21N3O2/c1-4-17(5-2-16(1)3-6-18-11-20-21-12-18)13-22-8-10-24-19(14-22)7-9-23-15-19/h1-2,4-5,11-12H,7-10,13-15H2,(H,20,21). The fourth-order valence-electron chi connectivity index (χ4n) is 3.30. The smallest absolute Gasteiger partial charge is 0.106 e. The molecule has 1 unspecified atom stereocenters. The van der Waals surface area contributed by atoms with Gasteiger partial charge in [-0.05, 0) is 17.7 Å². The van der Waals surface area contributed by atoms with Gasteiger partial charge in [-0.15, -0.1) is 0 Å². The van der Waals surface area contributed by atoms with Crippen LogP contribution >= 0.6 is 0 Å². The number of morpholine rings is 1. The minimum absolute atomic E-state index is 0.0751. The molecule has 4 rings (SSSR count). The molecular weight excluding hydrogens is 302 g/mol. The van der Waals surface area contributed by atoms with Gasteiger partial charge in [-0.2, -0.15) is 5.10 Å². The highest BCUT2D eigenvalue weighted by Crippen LogP contribution is 2.28. The molecule has 5 nitrogen and oxygen atoms in total.